The number of carbonyl (C=O) groups excluding carboxylic acids is 2. The molecule has 2 amide bonds. The molecule has 2 N–H and O–H groups in total. The van der Waals surface area contributed by atoms with E-state index in [1.165, 1.54) is 0 Å². The summed E-state index contributed by atoms with van der Waals surface area (Å²) in [5.74, 6) is -0.739. The molecule has 1 aliphatic heterocycles. The van der Waals surface area contributed by atoms with Gasteiger partial charge in [0.1, 0.15) is 4.99 Å². The van der Waals surface area contributed by atoms with Gasteiger partial charge in [0.05, 0.1) is 16.8 Å². The Morgan fingerprint density at radius 1 is 1.05 bits per heavy atom. The lowest BCUT2D eigenvalue weighted by molar-refractivity contribution is 0.0926. The second-order valence-corrected chi connectivity index (χ2v) is 5.87. The predicted octanol–water partition coefficient (Wildman–Crippen LogP) is 2.88. The number of benzene rings is 2. The molecule has 0 saturated carbocycles. The maximum absolute atomic E-state index is 12.5. The molecule has 2 aromatic rings. The SMILES string of the molecule is NC(=S)c1ccc(Br)cc1N1C(=O)c2ccccc2C1=O. The van der Waals surface area contributed by atoms with E-state index in [1.54, 1.807) is 42.5 Å². The molecule has 0 bridgehead atoms. The van der Waals surface area contributed by atoms with Gasteiger partial charge in [-0.3, -0.25) is 9.59 Å². The van der Waals surface area contributed by atoms with Crippen LogP contribution in [0.1, 0.15) is 26.3 Å². The molecule has 0 spiro atoms. The highest BCUT2D eigenvalue weighted by Crippen LogP contribution is 2.32. The monoisotopic (exact) mass is 360 g/mol. The Labute approximate surface area is 134 Å². The topological polar surface area (TPSA) is 63.4 Å². The standard InChI is InChI=1S/C15H9BrN2O2S/c16-8-5-6-11(13(17)21)12(7-8)18-14(19)9-3-1-2-4-10(9)15(18)20/h1-7H,(H2,17,21). The van der Waals surface area contributed by atoms with Crippen molar-refractivity contribution in [3.63, 3.8) is 0 Å². The fraction of sp³-hybridized carbons (Fsp3) is 0. The average Bonchev–Trinajstić information content (AvgIpc) is 2.71. The van der Waals surface area contributed by atoms with Crippen molar-refractivity contribution in [3.8, 4) is 0 Å². The van der Waals surface area contributed by atoms with Gasteiger partial charge in [-0.1, -0.05) is 40.3 Å². The lowest BCUT2D eigenvalue weighted by atomic mass is 10.1. The van der Waals surface area contributed by atoms with Crippen LogP contribution in [0, 0.1) is 0 Å². The van der Waals surface area contributed by atoms with Crippen molar-refractivity contribution in [2.75, 3.05) is 4.90 Å². The zero-order valence-electron chi connectivity index (χ0n) is 10.7. The van der Waals surface area contributed by atoms with Gasteiger partial charge in [-0.05, 0) is 30.3 Å². The van der Waals surface area contributed by atoms with Crippen LogP contribution >= 0.6 is 28.1 Å². The van der Waals surface area contributed by atoms with E-state index in [9.17, 15) is 9.59 Å². The van der Waals surface area contributed by atoms with Gasteiger partial charge < -0.3 is 5.73 Å². The second kappa shape index (κ2) is 5.05. The summed E-state index contributed by atoms with van der Waals surface area (Å²) >= 11 is 8.34. The van der Waals surface area contributed by atoms with Crippen molar-refractivity contribution in [2.45, 2.75) is 0 Å². The van der Waals surface area contributed by atoms with Crippen molar-refractivity contribution < 1.29 is 9.59 Å². The number of nitrogens with zero attached hydrogens (tertiary/aromatic N) is 1. The van der Waals surface area contributed by atoms with E-state index in [4.69, 9.17) is 18.0 Å². The van der Waals surface area contributed by atoms with Gasteiger partial charge in [0, 0.05) is 10.0 Å². The van der Waals surface area contributed by atoms with Gasteiger partial charge in [0.15, 0.2) is 0 Å². The Kier molecular flexibility index (Phi) is 3.35. The highest BCUT2D eigenvalue weighted by molar-refractivity contribution is 9.10. The lowest BCUT2D eigenvalue weighted by Crippen LogP contribution is -2.31. The zero-order valence-corrected chi connectivity index (χ0v) is 13.1. The summed E-state index contributed by atoms with van der Waals surface area (Å²) in [4.78, 5) is 26.2. The van der Waals surface area contributed by atoms with Crippen LogP contribution < -0.4 is 10.6 Å². The van der Waals surface area contributed by atoms with Gasteiger partial charge in [-0.15, -0.1) is 0 Å². The molecule has 6 heteroatoms. The van der Waals surface area contributed by atoms with E-state index in [1.807, 2.05) is 0 Å². The Morgan fingerprint density at radius 2 is 1.62 bits per heavy atom. The molecule has 4 nitrogen and oxygen atoms in total. The van der Waals surface area contributed by atoms with E-state index < -0.39 is 0 Å². The quantitative estimate of drug-likeness (QED) is 0.660. The molecule has 104 valence electrons. The molecule has 1 heterocycles. The van der Waals surface area contributed by atoms with Gasteiger partial charge >= 0.3 is 0 Å². The number of hydrogen-bond donors (Lipinski definition) is 1. The second-order valence-electron chi connectivity index (χ2n) is 4.52. The number of amides is 2. The molecule has 0 unspecified atom stereocenters. The molecule has 0 atom stereocenters. The summed E-state index contributed by atoms with van der Waals surface area (Å²) in [6.07, 6.45) is 0. The number of thiocarbonyl (C=S) groups is 1. The first-order valence-corrected chi connectivity index (χ1v) is 7.28. The smallest absolute Gasteiger partial charge is 0.266 e. The Balaban J connectivity index is 2.20. The molecule has 21 heavy (non-hydrogen) atoms. The first-order valence-electron chi connectivity index (χ1n) is 6.08. The minimum Gasteiger partial charge on any atom is -0.389 e. The van der Waals surface area contributed by atoms with Crippen LogP contribution in [0.4, 0.5) is 5.69 Å². The molecule has 0 radical (unpaired) electrons. The third-order valence-corrected chi connectivity index (χ3v) is 3.97. The van der Waals surface area contributed by atoms with Crippen molar-refractivity contribution in [2.24, 2.45) is 5.73 Å². The van der Waals surface area contributed by atoms with E-state index in [2.05, 4.69) is 15.9 Å². The number of halogens is 1. The summed E-state index contributed by atoms with van der Waals surface area (Å²) in [6.45, 7) is 0. The average molecular weight is 361 g/mol. The first-order chi connectivity index (χ1) is 10.0. The summed E-state index contributed by atoms with van der Waals surface area (Å²) in [5.41, 5.74) is 7.35. The fourth-order valence-electron chi connectivity index (χ4n) is 2.31. The van der Waals surface area contributed by atoms with Crippen molar-refractivity contribution >= 4 is 50.6 Å². The fourth-order valence-corrected chi connectivity index (χ4v) is 2.83. The number of rotatable bonds is 2. The summed E-state index contributed by atoms with van der Waals surface area (Å²) in [5, 5.41) is 0. The molecule has 0 aliphatic carbocycles. The van der Waals surface area contributed by atoms with E-state index in [0.717, 1.165) is 9.37 Å². The first kappa shape index (κ1) is 13.9. The molecule has 2 aromatic carbocycles. The van der Waals surface area contributed by atoms with E-state index in [0.29, 0.717) is 22.4 Å². The Bertz CT molecular complexity index is 769. The summed E-state index contributed by atoms with van der Waals surface area (Å²) in [7, 11) is 0. The predicted molar refractivity (Wildman–Crippen MR) is 87.6 cm³/mol. The molecule has 0 saturated heterocycles. The number of anilines is 1. The third kappa shape index (κ3) is 2.16. The zero-order chi connectivity index (χ0) is 15.1. The van der Waals surface area contributed by atoms with E-state index in [-0.39, 0.29) is 16.8 Å². The highest BCUT2D eigenvalue weighted by Gasteiger charge is 2.37. The van der Waals surface area contributed by atoms with Crippen LogP contribution in [-0.2, 0) is 0 Å². The van der Waals surface area contributed by atoms with Crippen molar-refractivity contribution in [1.29, 1.82) is 0 Å². The van der Waals surface area contributed by atoms with Crippen LogP contribution in [0.5, 0.6) is 0 Å². The molecule has 1 aliphatic rings. The number of imide groups is 1. The number of nitrogens with two attached hydrogens (primary N) is 1. The van der Waals surface area contributed by atoms with E-state index >= 15 is 0 Å². The van der Waals surface area contributed by atoms with Gasteiger partial charge in [0.2, 0.25) is 0 Å². The molecular weight excluding hydrogens is 352 g/mol. The number of hydrogen-bond acceptors (Lipinski definition) is 3. The van der Waals surface area contributed by atoms with Gasteiger partial charge in [0.25, 0.3) is 11.8 Å². The Morgan fingerprint density at radius 3 is 2.14 bits per heavy atom. The highest BCUT2D eigenvalue weighted by atomic mass is 79.9. The van der Waals surface area contributed by atoms with Crippen LogP contribution in [0.15, 0.2) is 46.9 Å². The molecule has 0 aromatic heterocycles. The Hall–Kier alpha value is -2.05. The molecule has 3 rings (SSSR count). The molecular formula is C15H9BrN2O2S. The van der Waals surface area contributed by atoms with Crippen LogP contribution in [0.25, 0.3) is 0 Å². The van der Waals surface area contributed by atoms with Crippen LogP contribution in [0.2, 0.25) is 0 Å². The molecule has 0 fully saturated rings. The van der Waals surface area contributed by atoms with Gasteiger partial charge in [-0.25, -0.2) is 4.90 Å². The third-order valence-electron chi connectivity index (χ3n) is 3.26. The number of fused-ring (bicyclic) bond motifs is 1. The lowest BCUT2D eigenvalue weighted by Gasteiger charge is -2.18. The summed E-state index contributed by atoms with van der Waals surface area (Å²) in [6, 6.07) is 11.8. The van der Waals surface area contributed by atoms with Crippen LogP contribution in [-0.4, -0.2) is 16.8 Å². The maximum Gasteiger partial charge on any atom is 0.266 e. The summed E-state index contributed by atoms with van der Waals surface area (Å²) < 4.78 is 0.731. The minimum atomic E-state index is -0.369. The largest absolute Gasteiger partial charge is 0.389 e. The number of carbonyl (C=O) groups is 2. The normalized spacial score (nSPS) is 13.5. The van der Waals surface area contributed by atoms with Crippen LogP contribution in [0.3, 0.4) is 0 Å². The minimum absolute atomic E-state index is 0.133. The van der Waals surface area contributed by atoms with Crippen molar-refractivity contribution in [3.05, 3.63) is 63.6 Å². The van der Waals surface area contributed by atoms with Crippen molar-refractivity contribution in [1.82, 2.24) is 0 Å². The maximum atomic E-state index is 12.5. The van der Waals surface area contributed by atoms with Gasteiger partial charge in [-0.2, -0.15) is 0 Å².